The molecule has 0 unspecified atom stereocenters. The molecule has 0 aliphatic heterocycles. The number of nitrogen functional groups attached to an aromatic ring is 1. The summed E-state index contributed by atoms with van der Waals surface area (Å²) < 4.78 is 4.58. The summed E-state index contributed by atoms with van der Waals surface area (Å²) in [6.45, 7) is 0. The molecule has 0 atom stereocenters. The van der Waals surface area contributed by atoms with Gasteiger partial charge in [-0.25, -0.2) is 0 Å². The number of halogens is 1. The van der Waals surface area contributed by atoms with Gasteiger partial charge in [-0.05, 0) is 18.2 Å². The highest BCUT2D eigenvalue weighted by Gasteiger charge is 2.11. The Balaban J connectivity index is 2.21. The van der Waals surface area contributed by atoms with Crippen molar-refractivity contribution >= 4 is 28.9 Å². The second-order valence-electron chi connectivity index (χ2n) is 3.11. The van der Waals surface area contributed by atoms with Gasteiger partial charge in [-0.2, -0.15) is 0 Å². The summed E-state index contributed by atoms with van der Waals surface area (Å²) in [6, 6.07) is 4.68. The largest absolute Gasteiger partial charge is 0.399 e. The molecule has 2 aromatic rings. The molecule has 5 nitrogen and oxygen atoms in total. The maximum atomic E-state index is 11.7. The molecule has 1 aromatic heterocycles. The number of carbonyl (C=O) groups is 1. The fourth-order valence-corrected chi connectivity index (χ4v) is 1.46. The van der Waals surface area contributed by atoms with Gasteiger partial charge in [0.2, 0.25) is 0 Å². The molecule has 16 heavy (non-hydrogen) atoms. The van der Waals surface area contributed by atoms with Gasteiger partial charge < -0.3 is 15.6 Å². The van der Waals surface area contributed by atoms with E-state index in [-0.39, 0.29) is 5.91 Å². The summed E-state index contributed by atoms with van der Waals surface area (Å²) >= 11 is 5.88. The van der Waals surface area contributed by atoms with E-state index in [0.29, 0.717) is 22.0 Å². The van der Waals surface area contributed by atoms with Crippen LogP contribution >= 0.6 is 11.6 Å². The van der Waals surface area contributed by atoms with Gasteiger partial charge in [0.25, 0.3) is 5.91 Å². The molecule has 2 rings (SSSR count). The molecule has 0 radical (unpaired) electrons. The molecule has 1 amide bonds. The maximum absolute atomic E-state index is 11.7. The van der Waals surface area contributed by atoms with Gasteiger partial charge >= 0.3 is 0 Å². The van der Waals surface area contributed by atoms with Crippen molar-refractivity contribution in [2.24, 2.45) is 0 Å². The molecule has 0 bridgehead atoms. The van der Waals surface area contributed by atoms with E-state index in [0.717, 1.165) is 0 Å². The fourth-order valence-electron chi connectivity index (χ4n) is 1.18. The van der Waals surface area contributed by atoms with Crippen molar-refractivity contribution in [3.63, 3.8) is 0 Å². The number of rotatable bonds is 2. The summed E-state index contributed by atoms with van der Waals surface area (Å²) in [4.78, 5) is 11.7. The minimum Gasteiger partial charge on any atom is -0.399 e. The Bertz CT molecular complexity index is 511. The second-order valence-corrected chi connectivity index (χ2v) is 3.51. The topological polar surface area (TPSA) is 81.2 Å². The molecule has 0 aliphatic rings. The van der Waals surface area contributed by atoms with E-state index >= 15 is 0 Å². The zero-order chi connectivity index (χ0) is 11.5. The van der Waals surface area contributed by atoms with Crippen LogP contribution in [0.3, 0.4) is 0 Å². The molecule has 82 valence electrons. The van der Waals surface area contributed by atoms with Crippen molar-refractivity contribution in [2.75, 3.05) is 11.1 Å². The molecule has 1 aromatic carbocycles. The highest BCUT2D eigenvalue weighted by Crippen LogP contribution is 2.20. The number of hydrogen-bond acceptors (Lipinski definition) is 4. The lowest BCUT2D eigenvalue weighted by atomic mass is 10.2. The SMILES string of the molecule is Nc1ccc(C(=O)Nc2cnoc2)c(Cl)c1. The number of nitrogens with two attached hydrogens (primary N) is 1. The number of carbonyl (C=O) groups excluding carboxylic acids is 1. The lowest BCUT2D eigenvalue weighted by Crippen LogP contribution is -2.12. The minimum absolute atomic E-state index is 0.300. The van der Waals surface area contributed by atoms with E-state index in [1.54, 1.807) is 12.1 Å². The van der Waals surface area contributed by atoms with Crippen LogP contribution in [0.15, 0.2) is 35.2 Å². The first-order chi connectivity index (χ1) is 7.66. The molecular weight excluding hydrogens is 230 g/mol. The van der Waals surface area contributed by atoms with Crippen LogP contribution in [0.4, 0.5) is 11.4 Å². The van der Waals surface area contributed by atoms with Crippen LogP contribution in [0.25, 0.3) is 0 Å². The van der Waals surface area contributed by atoms with Crippen molar-refractivity contribution < 1.29 is 9.32 Å². The summed E-state index contributed by atoms with van der Waals surface area (Å²) in [6.07, 6.45) is 2.71. The standard InChI is InChI=1S/C10H8ClN3O2/c11-9-3-6(12)1-2-8(9)10(15)14-7-4-13-16-5-7/h1-5H,12H2,(H,14,15). The zero-order valence-electron chi connectivity index (χ0n) is 8.11. The number of hydrogen-bond donors (Lipinski definition) is 2. The first-order valence-corrected chi connectivity index (χ1v) is 4.80. The quantitative estimate of drug-likeness (QED) is 0.785. The number of nitrogens with one attached hydrogen (secondary N) is 1. The summed E-state index contributed by atoms with van der Waals surface area (Å²) in [5, 5.41) is 6.34. The predicted octanol–water partition coefficient (Wildman–Crippen LogP) is 2.16. The first kappa shape index (κ1) is 10.5. The Labute approximate surface area is 96.2 Å². The van der Waals surface area contributed by atoms with Crippen molar-refractivity contribution in [3.05, 3.63) is 41.2 Å². The van der Waals surface area contributed by atoms with Crippen LogP contribution in [-0.2, 0) is 0 Å². The Morgan fingerprint density at radius 1 is 1.50 bits per heavy atom. The van der Waals surface area contributed by atoms with Gasteiger partial charge in [0.1, 0.15) is 12.0 Å². The first-order valence-electron chi connectivity index (χ1n) is 4.42. The Morgan fingerprint density at radius 2 is 2.31 bits per heavy atom. The average Bonchev–Trinajstić information content (AvgIpc) is 2.70. The van der Waals surface area contributed by atoms with Gasteiger partial charge in [-0.1, -0.05) is 16.8 Å². The Hall–Kier alpha value is -2.01. The third-order valence-electron chi connectivity index (χ3n) is 1.93. The van der Waals surface area contributed by atoms with Crippen LogP contribution in [-0.4, -0.2) is 11.1 Å². The Morgan fingerprint density at radius 3 is 2.94 bits per heavy atom. The molecule has 1 heterocycles. The van der Waals surface area contributed by atoms with Gasteiger partial charge in [0.15, 0.2) is 0 Å². The van der Waals surface area contributed by atoms with Gasteiger partial charge in [0.05, 0.1) is 16.8 Å². The third-order valence-corrected chi connectivity index (χ3v) is 2.24. The second kappa shape index (κ2) is 4.24. The molecular formula is C10H8ClN3O2. The molecule has 0 saturated heterocycles. The van der Waals surface area contributed by atoms with E-state index in [2.05, 4.69) is 15.0 Å². The van der Waals surface area contributed by atoms with Crippen molar-refractivity contribution in [3.8, 4) is 0 Å². The summed E-state index contributed by atoms with van der Waals surface area (Å²) in [5.74, 6) is -0.340. The molecule has 0 saturated carbocycles. The highest BCUT2D eigenvalue weighted by molar-refractivity contribution is 6.34. The lowest BCUT2D eigenvalue weighted by Gasteiger charge is -2.04. The number of amides is 1. The zero-order valence-corrected chi connectivity index (χ0v) is 8.86. The van der Waals surface area contributed by atoms with E-state index in [1.807, 2.05) is 0 Å². The van der Waals surface area contributed by atoms with Gasteiger partial charge in [-0.15, -0.1) is 0 Å². The molecule has 0 aliphatic carbocycles. The molecule has 3 N–H and O–H groups in total. The number of nitrogens with zero attached hydrogens (tertiary/aromatic N) is 1. The lowest BCUT2D eigenvalue weighted by molar-refractivity contribution is 0.102. The van der Waals surface area contributed by atoms with Crippen molar-refractivity contribution in [1.29, 1.82) is 0 Å². The van der Waals surface area contributed by atoms with Crippen molar-refractivity contribution in [1.82, 2.24) is 5.16 Å². The molecule has 6 heteroatoms. The molecule has 0 spiro atoms. The summed E-state index contributed by atoms with van der Waals surface area (Å²) in [5.41, 5.74) is 6.84. The van der Waals surface area contributed by atoms with Crippen LogP contribution in [0.2, 0.25) is 5.02 Å². The smallest absolute Gasteiger partial charge is 0.257 e. The monoisotopic (exact) mass is 237 g/mol. The number of benzene rings is 1. The van der Waals surface area contributed by atoms with E-state index in [9.17, 15) is 4.79 Å². The minimum atomic E-state index is -0.340. The highest BCUT2D eigenvalue weighted by atomic mass is 35.5. The van der Waals surface area contributed by atoms with Crippen LogP contribution in [0, 0.1) is 0 Å². The van der Waals surface area contributed by atoms with Crippen LogP contribution in [0.5, 0.6) is 0 Å². The average molecular weight is 238 g/mol. The van der Waals surface area contributed by atoms with Crippen molar-refractivity contribution in [2.45, 2.75) is 0 Å². The van der Waals surface area contributed by atoms with Crippen LogP contribution in [0.1, 0.15) is 10.4 Å². The molecule has 0 fully saturated rings. The van der Waals surface area contributed by atoms with E-state index in [1.165, 1.54) is 18.5 Å². The van der Waals surface area contributed by atoms with E-state index < -0.39 is 0 Å². The van der Waals surface area contributed by atoms with E-state index in [4.69, 9.17) is 17.3 Å². The Kier molecular flexibility index (Phi) is 2.78. The predicted molar refractivity (Wildman–Crippen MR) is 60.3 cm³/mol. The maximum Gasteiger partial charge on any atom is 0.257 e. The number of aromatic nitrogens is 1. The van der Waals surface area contributed by atoms with Crippen LogP contribution < -0.4 is 11.1 Å². The number of anilines is 2. The normalized spacial score (nSPS) is 10.1. The third kappa shape index (κ3) is 2.14. The summed E-state index contributed by atoms with van der Waals surface area (Å²) in [7, 11) is 0. The van der Waals surface area contributed by atoms with Gasteiger partial charge in [0, 0.05) is 5.69 Å². The van der Waals surface area contributed by atoms with Gasteiger partial charge in [-0.3, -0.25) is 4.79 Å². The fraction of sp³-hybridized carbons (Fsp3) is 0.